The Balaban J connectivity index is 2.96. The summed E-state index contributed by atoms with van der Waals surface area (Å²) in [6.07, 6.45) is 0. The van der Waals surface area contributed by atoms with Crippen molar-refractivity contribution in [3.63, 3.8) is 0 Å². The Bertz CT molecular complexity index is 722. The van der Waals surface area contributed by atoms with E-state index in [2.05, 4.69) is 0 Å². The largest absolute Gasteiger partial charge is 0.205 e. The third kappa shape index (κ3) is 2.12. The molecule has 1 radical (unpaired) electrons. The smallest absolute Gasteiger partial charge is 0.200 e. The minimum atomic E-state index is -2.58. The van der Waals surface area contributed by atoms with Crippen molar-refractivity contribution in [2.75, 3.05) is 0 Å². The lowest BCUT2D eigenvalue weighted by molar-refractivity contribution is 0.379. The molecule has 0 fully saturated rings. The first-order valence-corrected chi connectivity index (χ1v) is 4.95. The highest BCUT2D eigenvalue weighted by atomic mass is 19.2. The van der Waals surface area contributed by atoms with E-state index in [0.29, 0.717) is 0 Å². The first-order chi connectivity index (χ1) is 9.68. The van der Waals surface area contributed by atoms with Crippen LogP contribution < -0.4 is 0 Å². The van der Waals surface area contributed by atoms with E-state index >= 15 is 0 Å². The summed E-state index contributed by atoms with van der Waals surface area (Å²) in [5.41, 5.74) is -4.02. The summed E-state index contributed by atoms with van der Waals surface area (Å²) in [5.74, 6) is -21.9. The lowest BCUT2D eigenvalue weighted by atomic mass is 10.0. The number of hydrogen-bond acceptors (Lipinski definition) is 0. The normalized spacial score (nSPS) is 11.1. The van der Waals surface area contributed by atoms with Gasteiger partial charge in [0.25, 0.3) is 0 Å². The van der Waals surface area contributed by atoms with Crippen molar-refractivity contribution < 1.29 is 39.5 Å². The second-order valence-corrected chi connectivity index (χ2v) is 3.70. The third-order valence-corrected chi connectivity index (χ3v) is 2.50. The minimum Gasteiger partial charge on any atom is -0.205 e. The van der Waals surface area contributed by atoms with Gasteiger partial charge in [0.05, 0.1) is 17.2 Å². The average molecular weight is 315 g/mol. The molecule has 0 N–H and O–H groups in total. The van der Waals surface area contributed by atoms with Gasteiger partial charge in [0.15, 0.2) is 40.7 Å². The first-order valence-electron chi connectivity index (χ1n) is 4.95. The molecule has 0 saturated heterocycles. The van der Waals surface area contributed by atoms with Crippen LogP contribution in [-0.2, 0) is 0 Å². The molecule has 0 saturated carbocycles. The number of rotatable bonds is 1. The zero-order valence-corrected chi connectivity index (χ0v) is 9.40. The van der Waals surface area contributed by atoms with E-state index < -0.39 is 63.5 Å². The molecule has 21 heavy (non-hydrogen) atoms. The molecule has 0 bridgehead atoms. The summed E-state index contributed by atoms with van der Waals surface area (Å²) in [4.78, 5) is 0. The highest BCUT2D eigenvalue weighted by Crippen LogP contribution is 2.35. The fraction of sp³-hybridized carbons (Fsp3) is 0. The Morgan fingerprint density at radius 3 is 1.24 bits per heavy atom. The van der Waals surface area contributed by atoms with Gasteiger partial charge in [-0.2, -0.15) is 0 Å². The van der Waals surface area contributed by atoms with E-state index in [4.69, 9.17) is 0 Å². The fourth-order valence-corrected chi connectivity index (χ4v) is 1.56. The van der Waals surface area contributed by atoms with E-state index in [1.165, 1.54) is 0 Å². The molecule has 9 heteroatoms. The molecule has 2 rings (SSSR count). The summed E-state index contributed by atoms with van der Waals surface area (Å²) in [6, 6.07) is 0.934. The van der Waals surface area contributed by atoms with Crippen LogP contribution in [0.25, 0.3) is 11.1 Å². The number of halogens is 9. The molecule has 0 nitrogen and oxygen atoms in total. The van der Waals surface area contributed by atoms with Crippen molar-refractivity contribution in [2.45, 2.75) is 0 Å². The van der Waals surface area contributed by atoms with Crippen LogP contribution in [0.5, 0.6) is 0 Å². The molecule has 111 valence electrons. The Labute approximate surface area is 110 Å². The van der Waals surface area contributed by atoms with E-state index in [1.807, 2.05) is 0 Å². The molecule has 0 unspecified atom stereocenters. The summed E-state index contributed by atoms with van der Waals surface area (Å²) >= 11 is 0. The summed E-state index contributed by atoms with van der Waals surface area (Å²) < 4.78 is 118. The van der Waals surface area contributed by atoms with Gasteiger partial charge in [0.1, 0.15) is 5.82 Å². The van der Waals surface area contributed by atoms with Crippen LogP contribution in [0, 0.1) is 58.4 Å². The Hall–Kier alpha value is -2.19. The molecular formula is C12F9. The molecule has 0 aliphatic rings. The highest BCUT2D eigenvalue weighted by Gasteiger charge is 2.32. The van der Waals surface area contributed by atoms with Gasteiger partial charge in [-0.15, -0.1) is 0 Å². The maximum absolute atomic E-state index is 13.4. The highest BCUT2D eigenvalue weighted by molar-refractivity contribution is 5.66. The van der Waals surface area contributed by atoms with Crippen molar-refractivity contribution in [2.24, 2.45) is 0 Å². The zero-order valence-electron chi connectivity index (χ0n) is 9.40. The monoisotopic (exact) mass is 315 g/mol. The summed E-state index contributed by atoms with van der Waals surface area (Å²) in [6.45, 7) is 0. The summed E-state index contributed by atoms with van der Waals surface area (Å²) in [7, 11) is 0. The van der Waals surface area contributed by atoms with Crippen molar-refractivity contribution in [3.8, 4) is 11.1 Å². The molecule has 0 spiro atoms. The Morgan fingerprint density at radius 2 is 0.762 bits per heavy atom. The Kier molecular flexibility index (Phi) is 3.60. The molecule has 2 aromatic carbocycles. The van der Waals surface area contributed by atoms with E-state index in [-0.39, 0.29) is 0 Å². The second kappa shape index (κ2) is 4.97. The van der Waals surface area contributed by atoms with Gasteiger partial charge in [-0.25, -0.2) is 39.5 Å². The van der Waals surface area contributed by atoms with Crippen molar-refractivity contribution in [3.05, 3.63) is 58.4 Å². The molecular weight excluding hydrogens is 315 g/mol. The SMILES string of the molecule is Fc1[c]c(F)c(-c2c(F)c(F)c(F)c(F)c2F)c(F)c1F. The number of hydrogen-bond donors (Lipinski definition) is 0. The van der Waals surface area contributed by atoms with Gasteiger partial charge < -0.3 is 0 Å². The third-order valence-electron chi connectivity index (χ3n) is 2.50. The average Bonchev–Trinajstić information content (AvgIpc) is 2.44. The Morgan fingerprint density at radius 1 is 0.381 bits per heavy atom. The maximum atomic E-state index is 13.4. The zero-order chi connectivity index (χ0) is 16.1. The van der Waals surface area contributed by atoms with Crippen LogP contribution in [-0.4, -0.2) is 0 Å². The van der Waals surface area contributed by atoms with Gasteiger partial charge in [-0.1, -0.05) is 0 Å². The molecule has 0 atom stereocenters. The molecule has 0 amide bonds. The molecule has 0 aliphatic heterocycles. The van der Waals surface area contributed by atoms with Gasteiger partial charge in [0.2, 0.25) is 5.82 Å². The van der Waals surface area contributed by atoms with Crippen molar-refractivity contribution in [1.82, 2.24) is 0 Å². The van der Waals surface area contributed by atoms with Crippen LogP contribution >= 0.6 is 0 Å². The van der Waals surface area contributed by atoms with E-state index in [0.717, 1.165) is 6.07 Å². The standard InChI is InChI=1S/C12F9/c13-2-1-3(14)6(15)7(16)4(2)5-8(17)10(19)12(21)11(20)9(5)18. The second-order valence-electron chi connectivity index (χ2n) is 3.70. The lowest BCUT2D eigenvalue weighted by Gasteiger charge is -2.10. The predicted octanol–water partition coefficient (Wildman–Crippen LogP) is 4.41. The molecule has 0 heterocycles. The van der Waals surface area contributed by atoms with Gasteiger partial charge in [0, 0.05) is 0 Å². The van der Waals surface area contributed by atoms with Crippen LogP contribution in [0.1, 0.15) is 0 Å². The van der Waals surface area contributed by atoms with Crippen LogP contribution in [0.2, 0.25) is 0 Å². The predicted molar refractivity (Wildman–Crippen MR) is 50.3 cm³/mol. The number of benzene rings is 2. The van der Waals surface area contributed by atoms with Crippen LogP contribution in [0.3, 0.4) is 0 Å². The topological polar surface area (TPSA) is 0 Å². The quantitative estimate of drug-likeness (QED) is 0.415. The molecule has 0 aliphatic carbocycles. The van der Waals surface area contributed by atoms with Gasteiger partial charge in [-0.05, 0) is 0 Å². The maximum Gasteiger partial charge on any atom is 0.200 e. The molecule has 2 aromatic rings. The van der Waals surface area contributed by atoms with Crippen LogP contribution in [0.15, 0.2) is 0 Å². The van der Waals surface area contributed by atoms with Crippen molar-refractivity contribution in [1.29, 1.82) is 0 Å². The lowest BCUT2D eigenvalue weighted by Crippen LogP contribution is -2.08. The fourth-order valence-electron chi connectivity index (χ4n) is 1.56. The van der Waals surface area contributed by atoms with Gasteiger partial charge >= 0.3 is 0 Å². The van der Waals surface area contributed by atoms with E-state index in [1.54, 1.807) is 0 Å². The first kappa shape index (κ1) is 15.2. The van der Waals surface area contributed by atoms with E-state index in [9.17, 15) is 39.5 Å². The summed E-state index contributed by atoms with van der Waals surface area (Å²) in [5, 5.41) is 0. The van der Waals surface area contributed by atoms with Crippen LogP contribution in [0.4, 0.5) is 39.5 Å². The van der Waals surface area contributed by atoms with Crippen molar-refractivity contribution >= 4 is 0 Å². The minimum absolute atomic E-state index is 0.934. The molecule has 0 aromatic heterocycles. The van der Waals surface area contributed by atoms with Gasteiger partial charge in [-0.3, -0.25) is 0 Å².